The van der Waals surface area contributed by atoms with Gasteiger partial charge in [0.25, 0.3) is 0 Å². The van der Waals surface area contributed by atoms with Crippen LogP contribution in [-0.4, -0.2) is 26.1 Å². The van der Waals surface area contributed by atoms with Crippen LogP contribution >= 0.6 is 0 Å². The van der Waals surface area contributed by atoms with Crippen LogP contribution in [0.25, 0.3) is 0 Å². The van der Waals surface area contributed by atoms with Gasteiger partial charge in [-0.2, -0.15) is 0 Å². The van der Waals surface area contributed by atoms with Gasteiger partial charge in [-0.05, 0) is 111 Å². The van der Waals surface area contributed by atoms with Crippen molar-refractivity contribution in [3.8, 4) is 23.0 Å². The first-order valence-corrected chi connectivity index (χ1v) is 21.9. The molecule has 60 heavy (non-hydrogen) atoms. The van der Waals surface area contributed by atoms with Crippen LogP contribution in [0.3, 0.4) is 0 Å². The summed E-state index contributed by atoms with van der Waals surface area (Å²) in [6.45, 7) is 29.8. The van der Waals surface area contributed by atoms with Gasteiger partial charge in [-0.1, -0.05) is 119 Å². The normalized spacial score (nSPS) is 15.2. The van der Waals surface area contributed by atoms with Crippen LogP contribution in [0.2, 0.25) is 0 Å². The third-order valence-electron chi connectivity index (χ3n) is 10.9. The summed E-state index contributed by atoms with van der Waals surface area (Å²) >= 11 is 0. The third kappa shape index (κ3) is 13.8. The van der Waals surface area contributed by atoms with Crippen molar-refractivity contribution in [1.29, 1.82) is 0 Å². The van der Waals surface area contributed by atoms with Crippen molar-refractivity contribution >= 4 is 11.4 Å². The molecule has 0 saturated carbocycles. The topological polar surface area (TPSA) is 107 Å². The molecule has 0 bridgehead atoms. The van der Waals surface area contributed by atoms with Gasteiger partial charge in [0.1, 0.15) is 25.6 Å². The highest BCUT2D eigenvalue weighted by Gasteiger charge is 2.24. The summed E-state index contributed by atoms with van der Waals surface area (Å²) in [6.07, 6.45) is 4.71. The lowest BCUT2D eigenvalue weighted by atomic mass is 9.79. The molecule has 5 rings (SSSR count). The van der Waals surface area contributed by atoms with E-state index in [0.717, 1.165) is 55.4 Å². The molecule has 328 valence electrons. The van der Waals surface area contributed by atoms with Crippen LogP contribution in [0.5, 0.6) is 23.0 Å². The summed E-state index contributed by atoms with van der Waals surface area (Å²) in [5.41, 5.74) is 21.3. The van der Waals surface area contributed by atoms with Crippen molar-refractivity contribution in [2.24, 2.45) is 0 Å². The Morgan fingerprint density at radius 1 is 0.500 bits per heavy atom. The molecule has 1 atom stereocenters. The van der Waals surface area contributed by atoms with E-state index in [1.807, 2.05) is 12.1 Å². The maximum Gasteiger partial charge on any atom is 0.203 e. The van der Waals surface area contributed by atoms with Gasteiger partial charge in [-0.15, -0.1) is 0 Å². The number of nitrogen functional groups attached to an aromatic ring is 2. The van der Waals surface area contributed by atoms with E-state index in [9.17, 15) is 0 Å². The van der Waals surface area contributed by atoms with Crippen LogP contribution in [0.4, 0.5) is 11.4 Å². The average Bonchev–Trinajstić information content (AvgIpc) is 3.15. The van der Waals surface area contributed by atoms with Gasteiger partial charge in [0, 0.05) is 36.7 Å². The average molecular weight is 823 g/mol. The Kier molecular flexibility index (Phi) is 15.2. The summed E-state index contributed by atoms with van der Waals surface area (Å²) in [5.74, 6) is 2.32. The monoisotopic (exact) mass is 823 g/mol. The van der Waals surface area contributed by atoms with Gasteiger partial charge in [0.05, 0.1) is 6.61 Å². The van der Waals surface area contributed by atoms with Gasteiger partial charge in [0.2, 0.25) is 5.75 Å². The molecule has 4 aromatic carbocycles. The second-order valence-electron chi connectivity index (χ2n) is 20.7. The van der Waals surface area contributed by atoms with Crippen LogP contribution in [0.15, 0.2) is 66.7 Å². The molecule has 8 nitrogen and oxygen atoms in total. The van der Waals surface area contributed by atoms with Crippen molar-refractivity contribution in [2.45, 2.75) is 163 Å². The van der Waals surface area contributed by atoms with Gasteiger partial charge in [0.15, 0.2) is 17.8 Å². The summed E-state index contributed by atoms with van der Waals surface area (Å²) in [6, 6.07) is 23.0. The maximum atomic E-state index is 6.83. The highest BCUT2D eigenvalue weighted by atomic mass is 16.7. The lowest BCUT2D eigenvalue weighted by molar-refractivity contribution is -0.162. The number of hydrogen-bond donors (Lipinski definition) is 2. The highest BCUT2D eigenvalue weighted by molar-refractivity contribution is 5.57. The van der Waals surface area contributed by atoms with Crippen LogP contribution in [0.1, 0.15) is 154 Å². The van der Waals surface area contributed by atoms with E-state index in [4.69, 9.17) is 39.9 Å². The fourth-order valence-electron chi connectivity index (χ4n) is 7.01. The zero-order valence-electron chi connectivity index (χ0n) is 38.8. The molecule has 4 aromatic rings. The Hall–Kier alpha value is -4.40. The van der Waals surface area contributed by atoms with E-state index >= 15 is 0 Å². The Bertz CT molecular complexity index is 1840. The number of anilines is 2. The molecule has 1 aliphatic rings. The molecule has 1 aliphatic heterocycles. The molecule has 4 N–H and O–H groups in total. The zero-order chi connectivity index (χ0) is 43.9. The Morgan fingerprint density at radius 2 is 0.933 bits per heavy atom. The van der Waals surface area contributed by atoms with Gasteiger partial charge in [-0.25, -0.2) is 0 Å². The zero-order valence-corrected chi connectivity index (χ0v) is 38.8. The number of ether oxygens (including phenoxy) is 6. The number of nitrogens with two attached hydrogens (primary N) is 2. The maximum absolute atomic E-state index is 6.83. The summed E-state index contributed by atoms with van der Waals surface area (Å²) in [5, 5.41) is 0. The number of rotatable bonds is 16. The molecule has 1 heterocycles. The molecule has 0 aromatic heterocycles. The SMILES string of the molecule is CC(C)(C)c1cc(COc2cc(COc3cc(N)cc(N)c3)cc(OCc3cc(C(C)(C)C)cc(C(C)(C)C)c3)c2OCCCCOC2CCCCO2)cc(C(C)(C)C)c1. The lowest BCUT2D eigenvalue weighted by Crippen LogP contribution is -2.22. The lowest BCUT2D eigenvalue weighted by Gasteiger charge is -2.27. The number of benzene rings is 4. The molecule has 0 aliphatic carbocycles. The van der Waals surface area contributed by atoms with Crippen molar-refractivity contribution in [2.75, 3.05) is 31.3 Å². The van der Waals surface area contributed by atoms with E-state index < -0.39 is 0 Å². The fraction of sp³-hybridized carbons (Fsp3) is 0.538. The quantitative estimate of drug-likeness (QED) is 0.0850. The second-order valence-corrected chi connectivity index (χ2v) is 20.7. The van der Waals surface area contributed by atoms with Crippen LogP contribution in [-0.2, 0) is 51.0 Å². The fourth-order valence-corrected chi connectivity index (χ4v) is 7.01. The number of unbranched alkanes of at least 4 members (excludes halogenated alkanes) is 1. The summed E-state index contributed by atoms with van der Waals surface area (Å²) in [4.78, 5) is 0. The predicted octanol–water partition coefficient (Wildman–Crippen LogP) is 12.5. The van der Waals surface area contributed by atoms with Crippen molar-refractivity contribution in [1.82, 2.24) is 0 Å². The summed E-state index contributed by atoms with van der Waals surface area (Å²) < 4.78 is 38.4. The van der Waals surface area contributed by atoms with E-state index in [0.29, 0.717) is 60.8 Å². The number of hydrogen-bond acceptors (Lipinski definition) is 8. The minimum Gasteiger partial charge on any atom is -0.489 e. The standard InChI is InChI=1S/C52H74N2O6/c1-49(2,3)38-21-35(22-39(27-38)50(4,5)6)33-59-45-25-37(32-58-44-30-42(53)29-43(54)31-44)26-46(48(45)57-20-16-15-19-56-47-17-13-14-18-55-47)60-34-36-23-40(51(7,8)9)28-41(24-36)52(10,11)12/h21-31,47H,13-20,32-34,53-54H2,1-12H3. The van der Waals surface area contributed by atoms with Crippen LogP contribution in [0, 0.1) is 0 Å². The molecular weight excluding hydrogens is 749 g/mol. The van der Waals surface area contributed by atoms with E-state index in [1.165, 1.54) is 22.3 Å². The molecule has 1 unspecified atom stereocenters. The van der Waals surface area contributed by atoms with Crippen molar-refractivity contribution < 1.29 is 28.4 Å². The minimum absolute atomic E-state index is 0.0310. The molecule has 1 saturated heterocycles. The minimum atomic E-state index is -0.107. The third-order valence-corrected chi connectivity index (χ3v) is 10.9. The smallest absolute Gasteiger partial charge is 0.203 e. The Balaban J connectivity index is 1.51. The highest BCUT2D eigenvalue weighted by Crippen LogP contribution is 2.42. The predicted molar refractivity (Wildman–Crippen MR) is 247 cm³/mol. The molecule has 0 spiro atoms. The van der Waals surface area contributed by atoms with E-state index in [1.54, 1.807) is 18.2 Å². The molecule has 8 heteroatoms. The van der Waals surface area contributed by atoms with Gasteiger partial charge in [-0.3, -0.25) is 0 Å². The van der Waals surface area contributed by atoms with Gasteiger partial charge >= 0.3 is 0 Å². The first-order chi connectivity index (χ1) is 28.0. The molecule has 0 amide bonds. The van der Waals surface area contributed by atoms with Gasteiger partial charge < -0.3 is 39.9 Å². The van der Waals surface area contributed by atoms with E-state index in [-0.39, 0.29) is 34.6 Å². The first kappa shape index (κ1) is 46.7. The Labute approximate surface area is 361 Å². The Morgan fingerprint density at radius 3 is 1.37 bits per heavy atom. The largest absolute Gasteiger partial charge is 0.489 e. The van der Waals surface area contributed by atoms with E-state index in [2.05, 4.69) is 119 Å². The first-order valence-electron chi connectivity index (χ1n) is 21.9. The summed E-state index contributed by atoms with van der Waals surface area (Å²) in [7, 11) is 0. The van der Waals surface area contributed by atoms with Crippen molar-refractivity contribution in [3.63, 3.8) is 0 Å². The molecule has 0 radical (unpaired) electrons. The molecular formula is C52H74N2O6. The van der Waals surface area contributed by atoms with Crippen LogP contribution < -0.4 is 30.4 Å². The van der Waals surface area contributed by atoms with Crippen molar-refractivity contribution in [3.05, 3.63) is 106 Å². The molecule has 1 fully saturated rings. The second kappa shape index (κ2) is 19.5.